The molecule has 0 aliphatic carbocycles. The summed E-state index contributed by atoms with van der Waals surface area (Å²) >= 11 is 0. The molecule has 0 saturated heterocycles. The number of aromatic carboxylic acids is 1. The van der Waals surface area contributed by atoms with Crippen LogP contribution in [0.2, 0.25) is 0 Å². The summed E-state index contributed by atoms with van der Waals surface area (Å²) in [4.78, 5) is 10.7. The Morgan fingerprint density at radius 2 is 2.21 bits per heavy atom. The Balaban J connectivity index is 2.68. The smallest absolute Gasteiger partial charge is 0.339 e. The molecule has 0 radical (unpaired) electrons. The summed E-state index contributed by atoms with van der Waals surface area (Å²) < 4.78 is 5.08. The molecule has 0 aromatic carbocycles. The molecule has 0 aliphatic rings. The zero-order chi connectivity index (χ0) is 10.8. The van der Waals surface area contributed by atoms with Gasteiger partial charge in [0.25, 0.3) is 0 Å². The number of hydrogen-bond acceptors (Lipinski definition) is 3. The molecule has 1 aromatic rings. The van der Waals surface area contributed by atoms with Crippen molar-refractivity contribution < 1.29 is 14.3 Å². The van der Waals surface area contributed by atoms with Gasteiger partial charge in [0.1, 0.15) is 11.3 Å². The molecule has 0 bridgehead atoms. The molecular weight excluding hydrogens is 182 g/mol. The Morgan fingerprint density at radius 1 is 1.57 bits per heavy atom. The molecule has 78 valence electrons. The van der Waals surface area contributed by atoms with Crippen molar-refractivity contribution in [3.05, 3.63) is 23.7 Å². The van der Waals surface area contributed by atoms with E-state index in [2.05, 4.69) is 5.32 Å². The molecule has 2 N–H and O–H groups in total. The molecule has 1 heterocycles. The van der Waals surface area contributed by atoms with E-state index in [0.717, 1.165) is 0 Å². The summed E-state index contributed by atoms with van der Waals surface area (Å²) in [5.74, 6) is -0.489. The van der Waals surface area contributed by atoms with Gasteiger partial charge < -0.3 is 14.8 Å². The van der Waals surface area contributed by atoms with E-state index >= 15 is 0 Å². The van der Waals surface area contributed by atoms with Gasteiger partial charge in [-0.05, 0) is 26.8 Å². The molecule has 0 atom stereocenters. The first-order valence-corrected chi connectivity index (χ1v) is 4.45. The van der Waals surface area contributed by atoms with Gasteiger partial charge in [0.2, 0.25) is 0 Å². The average molecular weight is 197 g/mol. The summed E-state index contributed by atoms with van der Waals surface area (Å²) in [7, 11) is 0. The maximum Gasteiger partial charge on any atom is 0.339 e. The summed E-state index contributed by atoms with van der Waals surface area (Å²) in [5.41, 5.74) is 0.171. The monoisotopic (exact) mass is 197 g/mol. The highest BCUT2D eigenvalue weighted by Crippen LogP contribution is 2.11. The van der Waals surface area contributed by atoms with Crippen molar-refractivity contribution in [3.8, 4) is 0 Å². The Kier molecular flexibility index (Phi) is 2.96. The number of carboxylic acid groups (broad SMARTS) is 1. The molecular formula is C10H15NO3. The molecule has 0 fully saturated rings. The van der Waals surface area contributed by atoms with Crippen molar-refractivity contribution in [2.75, 3.05) is 0 Å². The van der Waals surface area contributed by atoms with Crippen molar-refractivity contribution in [3.63, 3.8) is 0 Å². The third-order valence-corrected chi connectivity index (χ3v) is 1.76. The van der Waals surface area contributed by atoms with Gasteiger partial charge in [0.15, 0.2) is 0 Å². The fourth-order valence-corrected chi connectivity index (χ4v) is 1.01. The first-order chi connectivity index (χ1) is 6.40. The minimum atomic E-state index is -0.954. The summed E-state index contributed by atoms with van der Waals surface area (Å²) in [6.45, 7) is 6.46. The Hall–Kier alpha value is -1.29. The van der Waals surface area contributed by atoms with Crippen LogP contribution in [0.15, 0.2) is 16.7 Å². The second-order valence-electron chi connectivity index (χ2n) is 4.17. The highest BCUT2D eigenvalue weighted by molar-refractivity contribution is 5.88. The van der Waals surface area contributed by atoms with Crippen molar-refractivity contribution in [2.45, 2.75) is 32.9 Å². The fourth-order valence-electron chi connectivity index (χ4n) is 1.01. The lowest BCUT2D eigenvalue weighted by Crippen LogP contribution is -2.35. The van der Waals surface area contributed by atoms with E-state index in [1.807, 2.05) is 20.8 Å². The van der Waals surface area contributed by atoms with Gasteiger partial charge in [-0.2, -0.15) is 0 Å². The molecule has 1 aromatic heterocycles. The highest BCUT2D eigenvalue weighted by atomic mass is 16.4. The summed E-state index contributed by atoms with van der Waals surface area (Å²) in [6, 6.07) is 1.46. The Labute approximate surface area is 82.9 Å². The topological polar surface area (TPSA) is 62.5 Å². The minimum absolute atomic E-state index is 0.0530. The normalized spacial score (nSPS) is 11.6. The number of carboxylic acids is 1. The van der Waals surface area contributed by atoms with Crippen LogP contribution >= 0.6 is 0 Å². The van der Waals surface area contributed by atoms with Crippen LogP contribution in [0.3, 0.4) is 0 Å². The Bertz CT molecular complexity index is 322. The number of hydrogen-bond donors (Lipinski definition) is 2. The molecule has 1 rings (SSSR count). The predicted octanol–water partition coefficient (Wildman–Crippen LogP) is 1.87. The van der Waals surface area contributed by atoms with Crippen molar-refractivity contribution in [1.29, 1.82) is 0 Å². The number of carbonyl (C=O) groups is 1. The van der Waals surface area contributed by atoms with Crippen LogP contribution in [0.1, 0.15) is 36.9 Å². The lowest BCUT2D eigenvalue weighted by molar-refractivity contribution is 0.0694. The van der Waals surface area contributed by atoms with Gasteiger partial charge in [-0.15, -0.1) is 0 Å². The number of furan rings is 1. The van der Waals surface area contributed by atoms with E-state index in [-0.39, 0.29) is 11.1 Å². The van der Waals surface area contributed by atoms with Crippen LogP contribution in [-0.2, 0) is 6.54 Å². The van der Waals surface area contributed by atoms with E-state index in [1.54, 1.807) is 0 Å². The van der Waals surface area contributed by atoms with Gasteiger partial charge in [-0.25, -0.2) is 4.79 Å². The molecule has 14 heavy (non-hydrogen) atoms. The summed E-state index contributed by atoms with van der Waals surface area (Å²) in [6.07, 6.45) is 1.39. The highest BCUT2D eigenvalue weighted by Gasteiger charge is 2.15. The van der Waals surface area contributed by atoms with E-state index in [9.17, 15) is 4.79 Å². The summed E-state index contributed by atoms with van der Waals surface area (Å²) in [5, 5.41) is 12.0. The van der Waals surface area contributed by atoms with Gasteiger partial charge in [0.05, 0.1) is 12.8 Å². The molecule has 0 aliphatic heterocycles. The minimum Gasteiger partial charge on any atom is -0.478 e. The van der Waals surface area contributed by atoms with Crippen LogP contribution < -0.4 is 5.32 Å². The molecule has 4 heteroatoms. The van der Waals surface area contributed by atoms with Gasteiger partial charge in [0, 0.05) is 5.54 Å². The molecule has 0 amide bonds. The molecule has 0 saturated carbocycles. The third kappa shape index (κ3) is 2.88. The van der Waals surface area contributed by atoms with Crippen LogP contribution in [0.4, 0.5) is 0 Å². The predicted molar refractivity (Wildman–Crippen MR) is 52.3 cm³/mol. The zero-order valence-electron chi connectivity index (χ0n) is 8.63. The van der Waals surface area contributed by atoms with Crippen molar-refractivity contribution in [1.82, 2.24) is 5.32 Å². The maximum atomic E-state index is 10.7. The van der Waals surface area contributed by atoms with Crippen LogP contribution in [0.5, 0.6) is 0 Å². The molecule has 4 nitrogen and oxygen atoms in total. The second kappa shape index (κ2) is 3.84. The first-order valence-electron chi connectivity index (χ1n) is 4.45. The van der Waals surface area contributed by atoms with E-state index in [1.165, 1.54) is 12.3 Å². The van der Waals surface area contributed by atoms with E-state index in [0.29, 0.717) is 12.3 Å². The SMILES string of the molecule is CC(C)(C)NCc1occc1C(=O)O. The fraction of sp³-hybridized carbons (Fsp3) is 0.500. The Morgan fingerprint density at radius 3 is 2.71 bits per heavy atom. The lowest BCUT2D eigenvalue weighted by atomic mass is 10.1. The third-order valence-electron chi connectivity index (χ3n) is 1.76. The zero-order valence-corrected chi connectivity index (χ0v) is 8.63. The maximum absolute atomic E-state index is 10.7. The van der Waals surface area contributed by atoms with E-state index < -0.39 is 5.97 Å². The standard InChI is InChI=1S/C10H15NO3/c1-10(2,3)11-6-8-7(9(12)13)4-5-14-8/h4-5,11H,6H2,1-3H3,(H,12,13). The van der Waals surface area contributed by atoms with Gasteiger partial charge >= 0.3 is 5.97 Å². The largest absolute Gasteiger partial charge is 0.478 e. The molecule has 0 unspecified atom stereocenters. The van der Waals surface area contributed by atoms with Crippen LogP contribution in [-0.4, -0.2) is 16.6 Å². The number of rotatable bonds is 3. The van der Waals surface area contributed by atoms with Crippen molar-refractivity contribution >= 4 is 5.97 Å². The average Bonchev–Trinajstić information content (AvgIpc) is 2.46. The quantitative estimate of drug-likeness (QED) is 0.776. The van der Waals surface area contributed by atoms with Gasteiger partial charge in [-0.3, -0.25) is 0 Å². The van der Waals surface area contributed by atoms with E-state index in [4.69, 9.17) is 9.52 Å². The molecule has 0 spiro atoms. The lowest BCUT2D eigenvalue weighted by Gasteiger charge is -2.19. The van der Waals surface area contributed by atoms with Gasteiger partial charge in [-0.1, -0.05) is 0 Å². The van der Waals surface area contributed by atoms with Crippen LogP contribution in [0, 0.1) is 0 Å². The van der Waals surface area contributed by atoms with Crippen LogP contribution in [0.25, 0.3) is 0 Å². The van der Waals surface area contributed by atoms with Crippen molar-refractivity contribution in [2.24, 2.45) is 0 Å². The number of nitrogens with one attached hydrogen (secondary N) is 1. The first kappa shape index (κ1) is 10.8. The second-order valence-corrected chi connectivity index (χ2v) is 4.17.